The van der Waals surface area contributed by atoms with Crippen LogP contribution in [0.3, 0.4) is 0 Å². The average molecular weight is 331 g/mol. The molecule has 1 aliphatic rings. The minimum absolute atomic E-state index is 0.0449. The van der Waals surface area contributed by atoms with Crippen molar-refractivity contribution in [3.05, 3.63) is 35.4 Å². The van der Waals surface area contributed by atoms with Crippen molar-refractivity contribution in [2.75, 3.05) is 26.7 Å². The zero-order valence-electron chi connectivity index (χ0n) is 15.0. The van der Waals surface area contributed by atoms with Gasteiger partial charge in [0.25, 0.3) is 5.91 Å². The van der Waals surface area contributed by atoms with E-state index in [1.54, 1.807) is 7.05 Å². The molecule has 0 aromatic heterocycles. The van der Waals surface area contributed by atoms with E-state index in [4.69, 9.17) is 0 Å². The first-order valence-corrected chi connectivity index (χ1v) is 8.80. The minimum atomic E-state index is -0.0551. The molecule has 1 heterocycles. The number of hydrogen-bond acceptors (Lipinski definition) is 3. The maximum Gasteiger partial charge on any atom is 0.251 e. The lowest BCUT2D eigenvalue weighted by atomic mass is 9.97. The zero-order chi connectivity index (χ0) is 17.5. The van der Waals surface area contributed by atoms with Gasteiger partial charge >= 0.3 is 0 Å². The van der Waals surface area contributed by atoms with Crippen molar-refractivity contribution in [1.82, 2.24) is 15.5 Å². The third-order valence-electron chi connectivity index (χ3n) is 4.54. The highest BCUT2D eigenvalue weighted by Crippen LogP contribution is 2.18. The molecule has 1 aromatic carbocycles. The molecule has 2 N–H and O–H groups in total. The van der Waals surface area contributed by atoms with Gasteiger partial charge in [0.1, 0.15) is 0 Å². The smallest absolute Gasteiger partial charge is 0.251 e. The van der Waals surface area contributed by atoms with Crippen molar-refractivity contribution in [3.63, 3.8) is 0 Å². The summed E-state index contributed by atoms with van der Waals surface area (Å²) in [6.45, 7) is 7.60. The fourth-order valence-corrected chi connectivity index (χ4v) is 3.07. The van der Waals surface area contributed by atoms with Crippen molar-refractivity contribution in [1.29, 1.82) is 0 Å². The first kappa shape index (κ1) is 18.5. The van der Waals surface area contributed by atoms with Crippen LogP contribution in [-0.4, -0.2) is 43.4 Å². The summed E-state index contributed by atoms with van der Waals surface area (Å²) in [7, 11) is 1.64. The number of nitrogens with zero attached hydrogens (tertiary/aromatic N) is 1. The van der Waals surface area contributed by atoms with Gasteiger partial charge in [-0.15, -0.1) is 0 Å². The van der Waals surface area contributed by atoms with Crippen LogP contribution < -0.4 is 10.6 Å². The number of likely N-dealkylation sites (tertiary alicyclic amines) is 1. The molecule has 1 fully saturated rings. The molecule has 0 radical (unpaired) electrons. The summed E-state index contributed by atoms with van der Waals surface area (Å²) in [6.07, 6.45) is 2.34. The topological polar surface area (TPSA) is 61.4 Å². The summed E-state index contributed by atoms with van der Waals surface area (Å²) in [4.78, 5) is 25.7. The monoisotopic (exact) mass is 331 g/mol. The van der Waals surface area contributed by atoms with Crippen molar-refractivity contribution in [2.45, 2.75) is 33.2 Å². The van der Waals surface area contributed by atoms with E-state index in [-0.39, 0.29) is 17.7 Å². The van der Waals surface area contributed by atoms with E-state index in [9.17, 15) is 9.59 Å². The Balaban J connectivity index is 1.84. The summed E-state index contributed by atoms with van der Waals surface area (Å²) < 4.78 is 0. The Hall–Kier alpha value is -1.88. The van der Waals surface area contributed by atoms with Crippen LogP contribution in [-0.2, 0) is 11.3 Å². The van der Waals surface area contributed by atoms with Crippen LogP contribution in [0.1, 0.15) is 42.6 Å². The van der Waals surface area contributed by atoms with E-state index < -0.39 is 0 Å². The molecule has 5 heteroatoms. The Morgan fingerprint density at radius 3 is 2.58 bits per heavy atom. The van der Waals surface area contributed by atoms with Crippen LogP contribution >= 0.6 is 0 Å². The van der Waals surface area contributed by atoms with Crippen LogP contribution in [0.5, 0.6) is 0 Å². The molecule has 5 nitrogen and oxygen atoms in total. The second-order valence-electron chi connectivity index (χ2n) is 6.92. The quantitative estimate of drug-likeness (QED) is 0.838. The Bertz CT molecular complexity index is 554. The lowest BCUT2D eigenvalue weighted by Crippen LogP contribution is -2.41. The van der Waals surface area contributed by atoms with Crippen LogP contribution in [0.4, 0.5) is 0 Å². The molecule has 1 saturated heterocycles. The van der Waals surface area contributed by atoms with E-state index in [0.29, 0.717) is 11.5 Å². The summed E-state index contributed by atoms with van der Waals surface area (Å²) in [5, 5.41) is 5.69. The molecule has 1 aromatic rings. The zero-order valence-corrected chi connectivity index (χ0v) is 15.0. The Labute approximate surface area is 144 Å². The lowest BCUT2D eigenvalue weighted by molar-refractivity contribution is -0.124. The van der Waals surface area contributed by atoms with E-state index in [1.165, 1.54) is 18.4 Å². The fourth-order valence-electron chi connectivity index (χ4n) is 3.07. The van der Waals surface area contributed by atoms with Crippen molar-refractivity contribution in [3.8, 4) is 0 Å². The third kappa shape index (κ3) is 5.34. The second kappa shape index (κ2) is 8.83. The molecule has 0 spiro atoms. The number of benzene rings is 1. The van der Waals surface area contributed by atoms with E-state index >= 15 is 0 Å². The molecule has 132 valence electrons. The predicted octanol–water partition coefficient (Wildman–Crippen LogP) is 2.03. The normalized spacial score (nSPS) is 18.4. The Morgan fingerprint density at radius 2 is 1.96 bits per heavy atom. The van der Waals surface area contributed by atoms with Gasteiger partial charge in [-0.05, 0) is 43.0 Å². The molecule has 1 aliphatic heterocycles. The maximum absolute atomic E-state index is 11.7. The van der Waals surface area contributed by atoms with Gasteiger partial charge in [0, 0.05) is 38.2 Å². The molecule has 1 unspecified atom stereocenters. The lowest BCUT2D eigenvalue weighted by Gasteiger charge is -2.33. The highest BCUT2D eigenvalue weighted by Gasteiger charge is 2.21. The standard InChI is InChI=1S/C19H29N3O2/c1-14(2)18(23)21-11-16-5-4-10-22(13-16)12-15-6-8-17(9-7-15)19(24)20-3/h6-9,14,16H,4-5,10-13H2,1-3H3,(H,20,24)(H,21,23). The van der Waals surface area contributed by atoms with Gasteiger partial charge in [0.05, 0.1) is 0 Å². The minimum Gasteiger partial charge on any atom is -0.356 e. The first-order chi connectivity index (χ1) is 11.5. The van der Waals surface area contributed by atoms with E-state index in [0.717, 1.165) is 26.2 Å². The summed E-state index contributed by atoms with van der Waals surface area (Å²) >= 11 is 0. The van der Waals surface area contributed by atoms with Gasteiger partial charge in [-0.25, -0.2) is 0 Å². The number of nitrogens with one attached hydrogen (secondary N) is 2. The Morgan fingerprint density at radius 1 is 1.25 bits per heavy atom. The molecule has 0 bridgehead atoms. The largest absolute Gasteiger partial charge is 0.356 e. The van der Waals surface area contributed by atoms with Crippen molar-refractivity contribution < 1.29 is 9.59 Å². The number of piperidine rings is 1. The van der Waals surface area contributed by atoms with Gasteiger partial charge in [0.15, 0.2) is 0 Å². The SMILES string of the molecule is CNC(=O)c1ccc(CN2CCCC(CNC(=O)C(C)C)C2)cc1. The molecule has 0 aliphatic carbocycles. The molecule has 0 saturated carbocycles. The summed E-state index contributed by atoms with van der Waals surface area (Å²) in [5.41, 5.74) is 1.91. The number of rotatable bonds is 6. The van der Waals surface area contributed by atoms with Gasteiger partial charge in [-0.1, -0.05) is 26.0 Å². The fraction of sp³-hybridized carbons (Fsp3) is 0.579. The van der Waals surface area contributed by atoms with Gasteiger partial charge < -0.3 is 10.6 Å². The molecule has 24 heavy (non-hydrogen) atoms. The Kier molecular flexibility index (Phi) is 6.79. The predicted molar refractivity (Wildman–Crippen MR) is 95.7 cm³/mol. The third-order valence-corrected chi connectivity index (χ3v) is 4.54. The van der Waals surface area contributed by atoms with Gasteiger partial charge in [-0.2, -0.15) is 0 Å². The number of carbonyl (C=O) groups is 2. The van der Waals surface area contributed by atoms with Crippen molar-refractivity contribution in [2.24, 2.45) is 11.8 Å². The molecule has 2 amide bonds. The highest BCUT2D eigenvalue weighted by atomic mass is 16.2. The molecular formula is C19H29N3O2. The summed E-state index contributed by atoms with van der Waals surface area (Å²) in [5.74, 6) is 0.646. The molecule has 2 rings (SSSR count). The van der Waals surface area contributed by atoms with Gasteiger partial charge in [0.2, 0.25) is 5.91 Å². The first-order valence-electron chi connectivity index (χ1n) is 8.80. The van der Waals surface area contributed by atoms with Crippen LogP contribution in [0.15, 0.2) is 24.3 Å². The van der Waals surface area contributed by atoms with E-state index in [2.05, 4.69) is 15.5 Å². The number of carbonyl (C=O) groups excluding carboxylic acids is 2. The molecular weight excluding hydrogens is 302 g/mol. The number of amides is 2. The average Bonchev–Trinajstić information content (AvgIpc) is 2.60. The van der Waals surface area contributed by atoms with Crippen LogP contribution in [0.2, 0.25) is 0 Å². The summed E-state index contributed by atoms with van der Waals surface area (Å²) in [6, 6.07) is 7.79. The van der Waals surface area contributed by atoms with Crippen LogP contribution in [0, 0.1) is 11.8 Å². The van der Waals surface area contributed by atoms with E-state index in [1.807, 2.05) is 38.1 Å². The van der Waals surface area contributed by atoms with Crippen molar-refractivity contribution >= 4 is 11.8 Å². The maximum atomic E-state index is 11.7. The van der Waals surface area contributed by atoms with Gasteiger partial charge in [-0.3, -0.25) is 14.5 Å². The second-order valence-corrected chi connectivity index (χ2v) is 6.92. The highest BCUT2D eigenvalue weighted by molar-refractivity contribution is 5.93. The number of hydrogen-bond donors (Lipinski definition) is 2. The van der Waals surface area contributed by atoms with Crippen LogP contribution in [0.25, 0.3) is 0 Å². The molecule has 1 atom stereocenters.